The zero-order valence-electron chi connectivity index (χ0n) is 14.6. The molecule has 1 saturated heterocycles. The quantitative estimate of drug-likeness (QED) is 0.814. The summed E-state index contributed by atoms with van der Waals surface area (Å²) in [5.41, 5.74) is 1.24. The van der Waals surface area contributed by atoms with Crippen LogP contribution < -0.4 is 5.32 Å². The first-order valence-corrected chi connectivity index (χ1v) is 10.2. The Balaban J connectivity index is 1.90. The van der Waals surface area contributed by atoms with Gasteiger partial charge in [-0.1, -0.05) is 23.7 Å². The van der Waals surface area contributed by atoms with Crippen molar-refractivity contribution >= 4 is 33.4 Å². The molecule has 3 rings (SSSR count). The number of carbonyl (C=O) groups is 2. The normalized spacial score (nSPS) is 17.6. The van der Waals surface area contributed by atoms with Gasteiger partial charge in [0.1, 0.15) is 6.54 Å². The van der Waals surface area contributed by atoms with Crippen LogP contribution in [-0.4, -0.2) is 37.6 Å². The third kappa shape index (κ3) is 4.16. The molecule has 2 aromatic carbocycles. The summed E-state index contributed by atoms with van der Waals surface area (Å²) in [5.74, 6) is -1.95. The molecule has 2 aromatic rings. The van der Waals surface area contributed by atoms with E-state index in [2.05, 4.69) is 5.32 Å². The van der Waals surface area contributed by atoms with Gasteiger partial charge in [-0.3, -0.25) is 9.59 Å². The molecule has 0 spiro atoms. The summed E-state index contributed by atoms with van der Waals surface area (Å²) < 4.78 is 26.5. The van der Waals surface area contributed by atoms with Gasteiger partial charge < -0.3 is 5.32 Å². The first kappa shape index (κ1) is 19.9. The summed E-state index contributed by atoms with van der Waals surface area (Å²) in [6.45, 7) is -0.544. The van der Waals surface area contributed by atoms with Gasteiger partial charge in [-0.05, 0) is 48.4 Å². The number of hydrogen-bond donors (Lipinski definition) is 1. The number of benzene rings is 2. The fourth-order valence-corrected chi connectivity index (χ4v) is 4.42. The molecule has 1 heterocycles. The van der Waals surface area contributed by atoms with Crippen LogP contribution in [0.5, 0.6) is 0 Å². The summed E-state index contributed by atoms with van der Waals surface area (Å²) >= 11 is 5.80. The maximum Gasteiger partial charge on any atom is 0.266 e. The van der Waals surface area contributed by atoms with Crippen LogP contribution in [0.3, 0.4) is 0 Å². The lowest BCUT2D eigenvalue weighted by Crippen LogP contribution is -2.42. The number of halogens is 1. The highest BCUT2D eigenvalue weighted by Gasteiger charge is 2.38. The topological polar surface area (TPSA) is 107 Å². The number of sulfonamides is 1. The zero-order valence-corrected chi connectivity index (χ0v) is 16.2. The summed E-state index contributed by atoms with van der Waals surface area (Å²) in [4.78, 5) is 24.9. The van der Waals surface area contributed by atoms with Crippen molar-refractivity contribution in [3.63, 3.8) is 0 Å². The molecular weight excluding hydrogens is 402 g/mol. The highest BCUT2D eigenvalue weighted by Crippen LogP contribution is 2.23. The molecule has 0 aromatic heterocycles. The first-order chi connectivity index (χ1) is 13.3. The van der Waals surface area contributed by atoms with E-state index in [1.165, 1.54) is 24.3 Å². The number of nitrogens with zero attached hydrogens (tertiary/aromatic N) is 2. The predicted molar refractivity (Wildman–Crippen MR) is 102 cm³/mol. The van der Waals surface area contributed by atoms with Gasteiger partial charge in [-0.2, -0.15) is 5.26 Å². The first-order valence-electron chi connectivity index (χ1n) is 8.39. The lowest BCUT2D eigenvalue weighted by atomic mass is 9.98. The van der Waals surface area contributed by atoms with Gasteiger partial charge in [0.05, 0.1) is 22.4 Å². The summed E-state index contributed by atoms with van der Waals surface area (Å²) in [6.07, 6.45) is 0.234. The fraction of sp³-hybridized carbons (Fsp3) is 0.211. The number of amides is 2. The molecule has 0 bridgehead atoms. The number of hydrogen-bond acceptors (Lipinski definition) is 5. The smallest absolute Gasteiger partial charge is 0.266 e. The van der Waals surface area contributed by atoms with Crippen LogP contribution in [0.15, 0.2) is 53.4 Å². The van der Waals surface area contributed by atoms with Gasteiger partial charge in [-0.15, -0.1) is 0 Å². The number of carbonyl (C=O) groups excluding carboxylic acids is 2. The summed E-state index contributed by atoms with van der Waals surface area (Å²) in [5, 5.41) is 11.8. The number of nitriles is 1. The Kier molecular flexibility index (Phi) is 5.68. The van der Waals surface area contributed by atoms with Crippen LogP contribution in [0.1, 0.15) is 11.1 Å². The van der Waals surface area contributed by atoms with Crippen molar-refractivity contribution in [1.82, 2.24) is 9.62 Å². The van der Waals surface area contributed by atoms with Crippen molar-refractivity contribution in [2.75, 3.05) is 13.1 Å². The Hall–Kier alpha value is -2.89. The minimum absolute atomic E-state index is 0.0320. The fourth-order valence-electron chi connectivity index (χ4n) is 2.89. The summed E-state index contributed by atoms with van der Waals surface area (Å²) in [7, 11) is -4.20. The standard InChI is InChI=1S/C19H16ClN3O4S/c20-16-5-7-17(8-6-16)28(26,27)23-12-18(24)22-11-15(19(23)25)9-13-1-3-14(10-21)4-2-13/h1-8,15H,9,11-12H2,(H,22,24). The zero-order chi connectivity index (χ0) is 20.3. The van der Waals surface area contributed by atoms with Crippen LogP contribution in [0.4, 0.5) is 0 Å². The van der Waals surface area contributed by atoms with E-state index in [-0.39, 0.29) is 17.9 Å². The lowest BCUT2D eigenvalue weighted by molar-refractivity contribution is -0.131. The molecule has 28 heavy (non-hydrogen) atoms. The van der Waals surface area contributed by atoms with E-state index in [1.54, 1.807) is 24.3 Å². The highest BCUT2D eigenvalue weighted by molar-refractivity contribution is 7.89. The van der Waals surface area contributed by atoms with Gasteiger partial charge in [-0.25, -0.2) is 12.7 Å². The van der Waals surface area contributed by atoms with Crippen molar-refractivity contribution < 1.29 is 18.0 Å². The molecule has 0 aliphatic carbocycles. The van der Waals surface area contributed by atoms with Crippen molar-refractivity contribution in [3.8, 4) is 6.07 Å². The lowest BCUT2D eigenvalue weighted by Gasteiger charge is -2.23. The van der Waals surface area contributed by atoms with Crippen LogP contribution in [0, 0.1) is 17.2 Å². The van der Waals surface area contributed by atoms with E-state index in [0.29, 0.717) is 14.9 Å². The molecule has 1 aliphatic heterocycles. The summed E-state index contributed by atoms with van der Waals surface area (Å²) in [6, 6.07) is 14.1. The van der Waals surface area contributed by atoms with Crippen LogP contribution in [0.25, 0.3) is 0 Å². The average molecular weight is 418 g/mol. The molecule has 1 unspecified atom stereocenters. The average Bonchev–Trinajstić information content (AvgIpc) is 2.82. The van der Waals surface area contributed by atoms with Crippen LogP contribution in [-0.2, 0) is 26.0 Å². The molecular formula is C19H16ClN3O4S. The van der Waals surface area contributed by atoms with Crippen molar-refractivity contribution in [2.24, 2.45) is 5.92 Å². The SMILES string of the molecule is N#Cc1ccc(CC2CNC(=O)CN(S(=O)(=O)c3ccc(Cl)cc3)C2=O)cc1. The third-order valence-electron chi connectivity index (χ3n) is 4.39. The van der Waals surface area contributed by atoms with Crippen molar-refractivity contribution in [2.45, 2.75) is 11.3 Å². The van der Waals surface area contributed by atoms with Gasteiger partial charge in [0.2, 0.25) is 11.8 Å². The van der Waals surface area contributed by atoms with E-state index in [4.69, 9.17) is 16.9 Å². The Morgan fingerprint density at radius 1 is 1.11 bits per heavy atom. The Morgan fingerprint density at radius 2 is 1.75 bits per heavy atom. The molecule has 1 aliphatic rings. The van der Waals surface area contributed by atoms with E-state index in [1.807, 2.05) is 6.07 Å². The molecule has 0 radical (unpaired) electrons. The van der Waals surface area contributed by atoms with E-state index in [0.717, 1.165) is 5.56 Å². The van der Waals surface area contributed by atoms with Crippen molar-refractivity contribution in [1.29, 1.82) is 5.26 Å². The maximum absolute atomic E-state index is 13.0. The largest absolute Gasteiger partial charge is 0.354 e. The van der Waals surface area contributed by atoms with Gasteiger partial charge in [0.15, 0.2) is 0 Å². The minimum Gasteiger partial charge on any atom is -0.354 e. The van der Waals surface area contributed by atoms with Crippen molar-refractivity contribution in [3.05, 3.63) is 64.7 Å². The highest BCUT2D eigenvalue weighted by atomic mass is 35.5. The second kappa shape index (κ2) is 8.00. The Morgan fingerprint density at radius 3 is 2.36 bits per heavy atom. The predicted octanol–water partition coefficient (Wildman–Crippen LogP) is 1.72. The molecule has 1 atom stereocenters. The minimum atomic E-state index is -4.20. The van der Waals surface area contributed by atoms with Crippen LogP contribution in [0.2, 0.25) is 5.02 Å². The van der Waals surface area contributed by atoms with Gasteiger partial charge in [0.25, 0.3) is 10.0 Å². The Bertz CT molecular complexity index is 1040. The second-order valence-electron chi connectivity index (χ2n) is 6.32. The van der Waals surface area contributed by atoms with E-state index < -0.39 is 34.3 Å². The molecule has 1 N–H and O–H groups in total. The molecule has 1 fully saturated rings. The maximum atomic E-state index is 13.0. The van der Waals surface area contributed by atoms with Gasteiger partial charge in [0, 0.05) is 11.6 Å². The number of rotatable bonds is 4. The molecule has 144 valence electrons. The molecule has 7 nitrogen and oxygen atoms in total. The van der Waals surface area contributed by atoms with Crippen LogP contribution >= 0.6 is 11.6 Å². The number of nitrogens with one attached hydrogen (secondary N) is 1. The Labute approximate surface area is 167 Å². The van der Waals surface area contributed by atoms with E-state index in [9.17, 15) is 18.0 Å². The van der Waals surface area contributed by atoms with Gasteiger partial charge >= 0.3 is 0 Å². The second-order valence-corrected chi connectivity index (χ2v) is 8.62. The molecule has 9 heteroatoms. The monoisotopic (exact) mass is 417 g/mol. The van der Waals surface area contributed by atoms with E-state index >= 15 is 0 Å². The molecule has 0 saturated carbocycles. The molecule has 2 amide bonds. The third-order valence-corrected chi connectivity index (χ3v) is 6.40.